The van der Waals surface area contributed by atoms with Crippen molar-refractivity contribution in [3.63, 3.8) is 0 Å². The van der Waals surface area contributed by atoms with Crippen LogP contribution in [0.1, 0.15) is 6.42 Å². The molecule has 0 aliphatic carbocycles. The lowest BCUT2D eigenvalue weighted by atomic mass is 10.2. The Morgan fingerprint density at radius 1 is 1.00 bits per heavy atom. The first-order valence-electron chi connectivity index (χ1n) is 6.24. The zero-order valence-electron chi connectivity index (χ0n) is 11.2. The van der Waals surface area contributed by atoms with E-state index in [4.69, 9.17) is 11.6 Å². The van der Waals surface area contributed by atoms with Crippen molar-refractivity contribution in [3.8, 4) is 0 Å². The Balaban J connectivity index is 1.92. The lowest BCUT2D eigenvalue weighted by molar-refractivity contribution is -0.123. The second-order valence-corrected chi connectivity index (χ2v) is 4.84. The molecule has 4 nitrogen and oxygen atoms in total. The maximum Gasteiger partial charge on any atom is 0.233 e. The molecule has 0 spiro atoms. The van der Waals surface area contributed by atoms with Crippen LogP contribution >= 0.6 is 11.6 Å². The van der Waals surface area contributed by atoms with E-state index in [1.54, 1.807) is 18.2 Å². The van der Waals surface area contributed by atoms with Crippen LogP contribution in [0.15, 0.2) is 42.5 Å². The third-order valence-corrected chi connectivity index (χ3v) is 2.87. The molecule has 2 rings (SSSR count). The summed E-state index contributed by atoms with van der Waals surface area (Å²) in [6, 6.07) is 9.15. The quantitative estimate of drug-likeness (QED) is 0.844. The SMILES string of the molecule is O=C(CC(=O)Nc1ccc(F)cc1F)Nc1cccc(Cl)c1. The zero-order valence-corrected chi connectivity index (χ0v) is 12.0. The molecule has 0 saturated carbocycles. The average Bonchev–Trinajstić information content (AvgIpc) is 2.41. The molecule has 0 heterocycles. The number of nitrogens with one attached hydrogen (secondary N) is 2. The monoisotopic (exact) mass is 324 g/mol. The van der Waals surface area contributed by atoms with Gasteiger partial charge in [-0.3, -0.25) is 9.59 Å². The molecule has 0 unspecified atom stereocenters. The Kier molecular flexibility index (Phi) is 5.06. The highest BCUT2D eigenvalue weighted by atomic mass is 35.5. The fraction of sp³-hybridized carbons (Fsp3) is 0.0667. The highest BCUT2D eigenvalue weighted by molar-refractivity contribution is 6.30. The topological polar surface area (TPSA) is 58.2 Å². The first-order chi connectivity index (χ1) is 10.4. The molecule has 0 radical (unpaired) electrons. The van der Waals surface area contributed by atoms with E-state index in [9.17, 15) is 18.4 Å². The van der Waals surface area contributed by atoms with Gasteiger partial charge >= 0.3 is 0 Å². The van der Waals surface area contributed by atoms with E-state index in [0.29, 0.717) is 16.8 Å². The standard InChI is InChI=1S/C15H11ClF2N2O2/c16-9-2-1-3-11(6-9)19-14(21)8-15(22)20-13-5-4-10(17)7-12(13)18/h1-7H,8H2,(H,19,21)(H,20,22). The van der Waals surface area contributed by atoms with Gasteiger partial charge in [0.25, 0.3) is 0 Å². The van der Waals surface area contributed by atoms with Crippen molar-refractivity contribution < 1.29 is 18.4 Å². The number of benzene rings is 2. The minimum absolute atomic E-state index is 0.193. The molecule has 2 aromatic carbocycles. The largest absolute Gasteiger partial charge is 0.326 e. The molecule has 22 heavy (non-hydrogen) atoms. The van der Waals surface area contributed by atoms with E-state index in [1.165, 1.54) is 6.07 Å². The number of hydrogen-bond donors (Lipinski definition) is 2. The van der Waals surface area contributed by atoms with Crippen molar-refractivity contribution in [2.45, 2.75) is 6.42 Å². The number of rotatable bonds is 4. The number of carbonyl (C=O) groups excluding carboxylic acids is 2. The van der Waals surface area contributed by atoms with Gasteiger partial charge < -0.3 is 10.6 Å². The Labute approximate surface area is 130 Å². The Morgan fingerprint density at radius 2 is 1.73 bits per heavy atom. The van der Waals surface area contributed by atoms with E-state index in [-0.39, 0.29) is 5.69 Å². The second-order valence-electron chi connectivity index (χ2n) is 4.41. The number of amides is 2. The molecule has 2 amide bonds. The summed E-state index contributed by atoms with van der Waals surface area (Å²) in [6.45, 7) is 0. The van der Waals surface area contributed by atoms with Gasteiger partial charge in [0.1, 0.15) is 18.1 Å². The van der Waals surface area contributed by atoms with E-state index < -0.39 is 29.9 Å². The molecule has 2 aromatic rings. The number of hydrogen-bond acceptors (Lipinski definition) is 2. The van der Waals surface area contributed by atoms with E-state index in [0.717, 1.165) is 12.1 Å². The van der Waals surface area contributed by atoms with Crippen molar-refractivity contribution in [2.24, 2.45) is 0 Å². The third kappa shape index (κ3) is 4.53. The zero-order chi connectivity index (χ0) is 16.1. The highest BCUT2D eigenvalue weighted by Gasteiger charge is 2.12. The highest BCUT2D eigenvalue weighted by Crippen LogP contribution is 2.16. The van der Waals surface area contributed by atoms with E-state index in [2.05, 4.69) is 10.6 Å². The number of halogens is 3. The van der Waals surface area contributed by atoms with Crippen LogP contribution in [0.3, 0.4) is 0 Å². The minimum Gasteiger partial charge on any atom is -0.326 e. The maximum absolute atomic E-state index is 13.4. The second kappa shape index (κ2) is 7.00. The maximum atomic E-state index is 13.4. The predicted molar refractivity (Wildman–Crippen MR) is 79.7 cm³/mol. The molecule has 0 aliphatic heterocycles. The Morgan fingerprint density at radius 3 is 2.41 bits per heavy atom. The summed E-state index contributed by atoms with van der Waals surface area (Å²) in [4.78, 5) is 23.4. The Hall–Kier alpha value is -2.47. The minimum atomic E-state index is -0.913. The third-order valence-electron chi connectivity index (χ3n) is 2.63. The molecular formula is C15H11ClF2N2O2. The molecule has 7 heteroatoms. The summed E-state index contributed by atoms with van der Waals surface area (Å²) in [5, 5.41) is 5.12. The molecule has 0 atom stereocenters. The smallest absolute Gasteiger partial charge is 0.233 e. The fourth-order valence-corrected chi connectivity index (χ4v) is 1.89. The van der Waals surface area contributed by atoms with Crippen LogP contribution in [0.25, 0.3) is 0 Å². The molecule has 0 aliphatic rings. The van der Waals surface area contributed by atoms with Gasteiger partial charge in [0.05, 0.1) is 5.69 Å². The van der Waals surface area contributed by atoms with E-state index in [1.807, 2.05) is 0 Å². The molecule has 0 saturated heterocycles. The van der Waals surface area contributed by atoms with Crippen molar-refractivity contribution >= 4 is 34.8 Å². The lowest BCUT2D eigenvalue weighted by Crippen LogP contribution is -2.21. The summed E-state index contributed by atoms with van der Waals surface area (Å²) in [6.07, 6.45) is -0.511. The summed E-state index contributed by atoms with van der Waals surface area (Å²) < 4.78 is 26.1. The summed E-state index contributed by atoms with van der Waals surface area (Å²) >= 11 is 5.77. The van der Waals surface area contributed by atoms with Gasteiger partial charge in [-0.2, -0.15) is 0 Å². The number of anilines is 2. The molecular weight excluding hydrogens is 314 g/mol. The number of carbonyl (C=O) groups is 2. The molecule has 114 valence electrons. The van der Waals surface area contributed by atoms with Crippen molar-refractivity contribution in [3.05, 3.63) is 59.1 Å². The first kappa shape index (κ1) is 15.9. The normalized spacial score (nSPS) is 10.1. The van der Waals surface area contributed by atoms with Crippen LogP contribution in [0.2, 0.25) is 5.02 Å². The molecule has 0 aromatic heterocycles. The van der Waals surface area contributed by atoms with E-state index >= 15 is 0 Å². The van der Waals surface area contributed by atoms with Crippen molar-refractivity contribution in [1.82, 2.24) is 0 Å². The summed E-state index contributed by atoms with van der Waals surface area (Å²) in [5.41, 5.74) is 0.250. The van der Waals surface area contributed by atoms with Crippen LogP contribution < -0.4 is 10.6 Å². The van der Waals surface area contributed by atoms with Crippen LogP contribution in [0.5, 0.6) is 0 Å². The van der Waals surface area contributed by atoms with Crippen LogP contribution in [-0.2, 0) is 9.59 Å². The molecule has 0 fully saturated rings. The molecule has 2 N–H and O–H groups in total. The van der Waals surface area contributed by atoms with Gasteiger partial charge in [-0.1, -0.05) is 17.7 Å². The summed E-state index contributed by atoms with van der Waals surface area (Å²) in [7, 11) is 0. The van der Waals surface area contributed by atoms with Gasteiger partial charge in [-0.25, -0.2) is 8.78 Å². The first-order valence-corrected chi connectivity index (χ1v) is 6.62. The Bertz CT molecular complexity index is 722. The fourth-order valence-electron chi connectivity index (χ4n) is 1.70. The predicted octanol–water partition coefficient (Wildman–Crippen LogP) is 3.59. The lowest BCUT2D eigenvalue weighted by Gasteiger charge is -2.07. The van der Waals surface area contributed by atoms with Gasteiger partial charge in [-0.05, 0) is 30.3 Å². The van der Waals surface area contributed by atoms with Crippen LogP contribution in [-0.4, -0.2) is 11.8 Å². The van der Waals surface area contributed by atoms with Crippen molar-refractivity contribution in [2.75, 3.05) is 10.6 Å². The van der Waals surface area contributed by atoms with Gasteiger partial charge in [-0.15, -0.1) is 0 Å². The molecule has 0 bridgehead atoms. The average molecular weight is 325 g/mol. The van der Waals surface area contributed by atoms with Crippen molar-refractivity contribution in [1.29, 1.82) is 0 Å². The van der Waals surface area contributed by atoms with Gasteiger partial charge in [0.15, 0.2) is 0 Å². The van der Waals surface area contributed by atoms with Gasteiger partial charge in [0.2, 0.25) is 11.8 Å². The van der Waals surface area contributed by atoms with Crippen LogP contribution in [0, 0.1) is 11.6 Å². The summed E-state index contributed by atoms with van der Waals surface area (Å²) in [5.74, 6) is -2.97. The van der Waals surface area contributed by atoms with Crippen LogP contribution in [0.4, 0.5) is 20.2 Å². The van der Waals surface area contributed by atoms with Gasteiger partial charge in [0, 0.05) is 16.8 Å².